The highest BCUT2D eigenvalue weighted by atomic mass is 16.5. The van der Waals surface area contributed by atoms with Gasteiger partial charge in [0.1, 0.15) is 5.82 Å². The number of carbonyl (C=O) groups is 2. The zero-order chi connectivity index (χ0) is 29.1. The Morgan fingerprint density at radius 2 is 1.59 bits per heavy atom. The van der Waals surface area contributed by atoms with Gasteiger partial charge in [0.2, 0.25) is 0 Å². The van der Waals surface area contributed by atoms with Gasteiger partial charge in [-0.2, -0.15) is 0 Å². The number of hydrogen-bond donors (Lipinski definition) is 2. The van der Waals surface area contributed by atoms with E-state index in [-0.39, 0.29) is 29.1 Å². The van der Waals surface area contributed by atoms with E-state index in [4.69, 9.17) is 9.72 Å². The Balaban J connectivity index is 1.51. The van der Waals surface area contributed by atoms with E-state index in [1.54, 1.807) is 19.2 Å². The lowest BCUT2D eigenvalue weighted by Gasteiger charge is -2.18. The summed E-state index contributed by atoms with van der Waals surface area (Å²) in [6.07, 6.45) is 0.211. The number of aromatic carboxylic acids is 1. The molecule has 1 atom stereocenters. The van der Waals surface area contributed by atoms with Gasteiger partial charge in [-0.25, -0.2) is 9.78 Å². The Bertz CT molecular complexity index is 1710. The number of H-pyrrole nitrogens is 1. The minimum atomic E-state index is -1.10. The molecule has 0 spiro atoms. The molecular weight excluding hydrogens is 512 g/mol. The highest BCUT2D eigenvalue weighted by molar-refractivity contribution is 6.04. The quantitative estimate of drug-likeness (QED) is 0.183. The molecule has 208 valence electrons. The number of rotatable bonds is 9. The number of methoxy groups -OCH3 is 1. The van der Waals surface area contributed by atoms with Crippen molar-refractivity contribution in [2.75, 3.05) is 13.7 Å². The van der Waals surface area contributed by atoms with Crippen LogP contribution in [-0.4, -0.2) is 40.5 Å². The summed E-state index contributed by atoms with van der Waals surface area (Å²) in [5, 5.41) is 10.2. The van der Waals surface area contributed by atoms with Crippen LogP contribution in [0.4, 0.5) is 0 Å². The number of carboxylic acids is 1. The van der Waals surface area contributed by atoms with Crippen LogP contribution in [0.2, 0.25) is 0 Å². The van der Waals surface area contributed by atoms with Gasteiger partial charge in [-0.05, 0) is 45.9 Å². The Morgan fingerprint density at radius 1 is 0.878 bits per heavy atom. The second kappa shape index (κ2) is 11.5. The van der Waals surface area contributed by atoms with Crippen molar-refractivity contribution in [3.8, 4) is 22.5 Å². The van der Waals surface area contributed by atoms with Crippen LogP contribution < -0.4 is 0 Å². The molecule has 4 aromatic carbocycles. The number of fused-ring (bicyclic) bond motifs is 1. The SMILES string of the molecule is COC[C@@H](CC(=O)c1ccc(-c2ccccc2-c2nc3ccc(C(C)(C)C)cc3[nH]2)c(C(=O)O)c1)c1ccccc1. The number of nitrogens with zero attached hydrogens (tertiary/aromatic N) is 1. The lowest BCUT2D eigenvalue weighted by molar-refractivity contribution is 0.0697. The van der Waals surface area contributed by atoms with Crippen LogP contribution in [0, 0.1) is 0 Å². The Kier molecular flexibility index (Phi) is 7.86. The molecule has 0 saturated heterocycles. The smallest absolute Gasteiger partial charge is 0.336 e. The maximum absolute atomic E-state index is 13.3. The fraction of sp³-hybridized carbons (Fsp3) is 0.229. The van der Waals surface area contributed by atoms with E-state index in [0.29, 0.717) is 23.6 Å². The summed E-state index contributed by atoms with van der Waals surface area (Å²) in [6.45, 7) is 6.90. The van der Waals surface area contributed by atoms with Gasteiger partial charge in [-0.1, -0.05) is 93.6 Å². The number of aromatic nitrogens is 2. The predicted octanol–water partition coefficient (Wildman–Crippen LogP) is 7.90. The zero-order valence-corrected chi connectivity index (χ0v) is 23.8. The van der Waals surface area contributed by atoms with Crippen LogP contribution in [0.25, 0.3) is 33.5 Å². The third kappa shape index (κ3) is 5.98. The fourth-order valence-corrected chi connectivity index (χ4v) is 5.20. The van der Waals surface area contributed by atoms with Gasteiger partial charge in [-0.3, -0.25) is 4.79 Å². The van der Waals surface area contributed by atoms with Crippen molar-refractivity contribution >= 4 is 22.8 Å². The van der Waals surface area contributed by atoms with E-state index >= 15 is 0 Å². The summed E-state index contributed by atoms with van der Waals surface area (Å²) in [6, 6.07) is 28.5. The van der Waals surface area contributed by atoms with Gasteiger partial charge in [0, 0.05) is 30.6 Å². The molecule has 0 unspecified atom stereocenters. The average molecular weight is 547 g/mol. The van der Waals surface area contributed by atoms with Gasteiger partial charge in [0.15, 0.2) is 5.78 Å². The molecule has 1 aromatic heterocycles. The van der Waals surface area contributed by atoms with Crippen molar-refractivity contribution in [3.05, 3.63) is 113 Å². The number of ether oxygens (including phenoxy) is 1. The maximum Gasteiger partial charge on any atom is 0.336 e. The molecule has 0 radical (unpaired) electrons. The first-order valence-corrected chi connectivity index (χ1v) is 13.7. The number of imidazole rings is 1. The summed E-state index contributed by atoms with van der Waals surface area (Å²) < 4.78 is 5.38. The van der Waals surface area contributed by atoms with Crippen molar-refractivity contribution in [3.63, 3.8) is 0 Å². The van der Waals surface area contributed by atoms with Crippen molar-refractivity contribution in [1.29, 1.82) is 0 Å². The lowest BCUT2D eigenvalue weighted by atomic mass is 9.87. The topological polar surface area (TPSA) is 92.3 Å². The molecule has 1 heterocycles. The minimum absolute atomic E-state index is 0.00236. The molecule has 0 bridgehead atoms. The van der Waals surface area contributed by atoms with E-state index in [1.807, 2.05) is 60.7 Å². The first-order valence-electron chi connectivity index (χ1n) is 13.7. The predicted molar refractivity (Wildman–Crippen MR) is 163 cm³/mol. The number of carboxylic acid groups (broad SMARTS) is 1. The van der Waals surface area contributed by atoms with Gasteiger partial charge >= 0.3 is 5.97 Å². The molecular formula is C35H34N2O4. The molecule has 0 fully saturated rings. The number of carbonyl (C=O) groups excluding carboxylic acids is 1. The van der Waals surface area contributed by atoms with Gasteiger partial charge in [-0.15, -0.1) is 0 Å². The number of Topliss-reactive ketones (excluding diaryl/α,β-unsaturated/α-hetero) is 1. The molecule has 2 N–H and O–H groups in total. The van der Waals surface area contributed by atoms with Gasteiger partial charge in [0.25, 0.3) is 0 Å². The van der Waals surface area contributed by atoms with Crippen LogP contribution in [0.15, 0.2) is 91.0 Å². The number of hydrogen-bond acceptors (Lipinski definition) is 4. The van der Waals surface area contributed by atoms with Crippen molar-refractivity contribution in [2.45, 2.75) is 38.5 Å². The fourth-order valence-electron chi connectivity index (χ4n) is 5.20. The highest BCUT2D eigenvalue weighted by Crippen LogP contribution is 2.35. The highest BCUT2D eigenvalue weighted by Gasteiger charge is 2.22. The Labute approximate surface area is 240 Å². The maximum atomic E-state index is 13.3. The summed E-state index contributed by atoms with van der Waals surface area (Å²) in [7, 11) is 1.61. The molecule has 5 rings (SSSR count). The van der Waals surface area contributed by atoms with Crippen LogP contribution in [-0.2, 0) is 10.2 Å². The van der Waals surface area contributed by atoms with Gasteiger partial charge < -0.3 is 14.8 Å². The molecule has 41 heavy (non-hydrogen) atoms. The van der Waals surface area contributed by atoms with E-state index in [0.717, 1.165) is 27.7 Å². The average Bonchev–Trinajstić information content (AvgIpc) is 3.40. The van der Waals surface area contributed by atoms with Crippen LogP contribution in [0.3, 0.4) is 0 Å². The Hall–Kier alpha value is -4.55. The van der Waals surface area contributed by atoms with Crippen LogP contribution >= 0.6 is 0 Å². The summed E-state index contributed by atoms with van der Waals surface area (Å²) >= 11 is 0. The van der Waals surface area contributed by atoms with E-state index in [1.165, 1.54) is 11.6 Å². The number of aromatic amines is 1. The molecule has 0 aliphatic carbocycles. The van der Waals surface area contributed by atoms with E-state index in [2.05, 4.69) is 37.9 Å². The zero-order valence-electron chi connectivity index (χ0n) is 23.8. The van der Waals surface area contributed by atoms with Crippen LogP contribution in [0.1, 0.15) is 65.0 Å². The number of nitrogens with one attached hydrogen (secondary N) is 1. The first kappa shape index (κ1) is 28.0. The standard InChI is InChI=1S/C35H34N2O4/c1-35(2,3)25-15-17-30-31(20-25)37-33(36-30)28-13-9-8-12-26(28)27-16-14-23(18-29(27)34(39)40)32(38)19-24(21-41-4)22-10-6-5-7-11-22/h5-18,20,24H,19,21H2,1-4H3,(H,36,37)(H,39,40)/t24-/m1/s1. The summed E-state index contributed by atoms with van der Waals surface area (Å²) in [5.41, 5.74) is 6.42. The first-order chi connectivity index (χ1) is 19.7. The second-order valence-electron chi connectivity index (χ2n) is 11.4. The molecule has 6 heteroatoms. The monoisotopic (exact) mass is 546 g/mol. The largest absolute Gasteiger partial charge is 0.478 e. The molecule has 0 amide bonds. The summed E-state index contributed by atoms with van der Waals surface area (Å²) in [4.78, 5) is 34.1. The molecule has 5 aromatic rings. The Morgan fingerprint density at radius 3 is 2.27 bits per heavy atom. The van der Waals surface area contributed by atoms with Crippen molar-refractivity contribution in [1.82, 2.24) is 9.97 Å². The minimum Gasteiger partial charge on any atom is -0.478 e. The van der Waals surface area contributed by atoms with Crippen molar-refractivity contribution in [2.24, 2.45) is 0 Å². The normalized spacial score (nSPS) is 12.4. The van der Waals surface area contributed by atoms with E-state index < -0.39 is 5.97 Å². The third-order valence-electron chi connectivity index (χ3n) is 7.46. The summed E-state index contributed by atoms with van der Waals surface area (Å²) in [5.74, 6) is -0.705. The molecule has 6 nitrogen and oxygen atoms in total. The second-order valence-corrected chi connectivity index (χ2v) is 11.4. The molecule has 0 aliphatic rings. The molecule has 0 aliphatic heterocycles. The number of benzene rings is 4. The van der Waals surface area contributed by atoms with E-state index in [9.17, 15) is 14.7 Å². The molecule has 0 saturated carbocycles. The lowest BCUT2D eigenvalue weighted by Crippen LogP contribution is -2.13. The van der Waals surface area contributed by atoms with Crippen molar-refractivity contribution < 1.29 is 19.4 Å². The third-order valence-corrected chi connectivity index (χ3v) is 7.46. The van der Waals surface area contributed by atoms with Gasteiger partial charge in [0.05, 0.1) is 23.2 Å². The number of ketones is 1. The van der Waals surface area contributed by atoms with Crippen LogP contribution in [0.5, 0.6) is 0 Å².